The van der Waals surface area contributed by atoms with Crippen LogP contribution in [-0.2, 0) is 5.88 Å². The van der Waals surface area contributed by atoms with Crippen LogP contribution in [0.1, 0.15) is 18.9 Å². The van der Waals surface area contributed by atoms with Gasteiger partial charge in [0.15, 0.2) is 0 Å². The highest BCUT2D eigenvalue weighted by Gasteiger charge is 2.15. The minimum Gasteiger partial charge on any atom is -0.368 e. The Morgan fingerprint density at radius 3 is 2.44 bits per heavy atom. The monoisotopic (exact) mass is 272 g/mol. The summed E-state index contributed by atoms with van der Waals surface area (Å²) in [4.78, 5) is 4.19. The molecule has 0 fully saturated rings. The first kappa shape index (κ1) is 15.3. The van der Waals surface area contributed by atoms with Crippen LogP contribution in [0, 0.1) is 5.82 Å². The van der Waals surface area contributed by atoms with Gasteiger partial charge in [0.25, 0.3) is 0 Å². The fourth-order valence-electron chi connectivity index (χ4n) is 1.95. The number of alkyl halides is 1. The molecule has 0 unspecified atom stereocenters. The Bertz CT molecular complexity index is 369. The lowest BCUT2D eigenvalue weighted by Crippen LogP contribution is -2.33. The van der Waals surface area contributed by atoms with Crippen molar-refractivity contribution < 1.29 is 4.39 Å². The van der Waals surface area contributed by atoms with Crippen LogP contribution < -0.4 is 4.90 Å². The maximum atomic E-state index is 14.0. The van der Waals surface area contributed by atoms with Gasteiger partial charge in [-0.15, -0.1) is 11.6 Å². The van der Waals surface area contributed by atoms with Gasteiger partial charge in [-0.05, 0) is 32.1 Å². The fourth-order valence-corrected chi connectivity index (χ4v) is 2.16. The molecule has 1 rings (SSSR count). The normalized spacial score (nSPS) is 11.0. The average Bonchev–Trinajstić information content (AvgIpc) is 2.34. The van der Waals surface area contributed by atoms with Crippen LogP contribution >= 0.6 is 11.6 Å². The molecular formula is C14H22ClFN2. The predicted octanol–water partition coefficient (Wildman–Crippen LogP) is 3.34. The van der Waals surface area contributed by atoms with Gasteiger partial charge in [0.1, 0.15) is 5.82 Å². The van der Waals surface area contributed by atoms with E-state index in [4.69, 9.17) is 11.6 Å². The first-order chi connectivity index (χ1) is 8.60. The summed E-state index contributed by atoms with van der Waals surface area (Å²) in [5.74, 6) is 0.162. The first-order valence-corrected chi connectivity index (χ1v) is 6.86. The third kappa shape index (κ3) is 4.14. The van der Waals surface area contributed by atoms with Crippen molar-refractivity contribution in [1.29, 1.82) is 0 Å². The van der Waals surface area contributed by atoms with Gasteiger partial charge < -0.3 is 9.80 Å². The van der Waals surface area contributed by atoms with E-state index in [-0.39, 0.29) is 5.82 Å². The maximum absolute atomic E-state index is 14.0. The predicted molar refractivity (Wildman–Crippen MR) is 77.0 cm³/mol. The zero-order valence-electron chi connectivity index (χ0n) is 11.4. The van der Waals surface area contributed by atoms with Crippen LogP contribution in [0.5, 0.6) is 0 Å². The van der Waals surface area contributed by atoms with Crippen molar-refractivity contribution in [3.8, 4) is 0 Å². The van der Waals surface area contributed by atoms with Crippen molar-refractivity contribution in [1.82, 2.24) is 4.90 Å². The van der Waals surface area contributed by atoms with E-state index in [1.54, 1.807) is 6.07 Å². The number of benzene rings is 1. The van der Waals surface area contributed by atoms with Gasteiger partial charge in [0, 0.05) is 25.5 Å². The number of hydrogen-bond acceptors (Lipinski definition) is 2. The number of rotatable bonds is 7. The molecule has 0 aliphatic rings. The summed E-state index contributed by atoms with van der Waals surface area (Å²) in [6, 6.07) is 5.11. The van der Waals surface area contributed by atoms with E-state index in [0.29, 0.717) is 11.6 Å². The summed E-state index contributed by atoms with van der Waals surface area (Å²) in [7, 11) is 4.04. The number of hydrogen-bond donors (Lipinski definition) is 0. The smallest absolute Gasteiger partial charge is 0.146 e. The zero-order chi connectivity index (χ0) is 13.5. The lowest BCUT2D eigenvalue weighted by Gasteiger charge is -2.28. The Labute approximate surface area is 114 Å². The van der Waals surface area contributed by atoms with Gasteiger partial charge in [-0.2, -0.15) is 0 Å². The molecule has 1 aromatic carbocycles. The van der Waals surface area contributed by atoms with Crippen molar-refractivity contribution in [3.63, 3.8) is 0 Å². The minimum atomic E-state index is -0.180. The van der Waals surface area contributed by atoms with E-state index >= 15 is 0 Å². The summed E-state index contributed by atoms with van der Waals surface area (Å²) in [5.41, 5.74) is 1.53. The standard InChI is InChI=1S/C14H22ClFN2/c1-4-8-18(10-9-17(2)3)14-12(11-15)6-5-7-13(14)16/h5-7H,4,8-11H2,1-3H3. The van der Waals surface area contributed by atoms with Crippen molar-refractivity contribution in [2.75, 3.05) is 38.6 Å². The first-order valence-electron chi connectivity index (χ1n) is 6.33. The van der Waals surface area contributed by atoms with Gasteiger partial charge in [0.05, 0.1) is 5.69 Å². The van der Waals surface area contributed by atoms with Crippen molar-refractivity contribution in [2.24, 2.45) is 0 Å². The van der Waals surface area contributed by atoms with E-state index in [2.05, 4.69) is 16.7 Å². The molecule has 4 heteroatoms. The lowest BCUT2D eigenvalue weighted by molar-refractivity contribution is 0.412. The summed E-state index contributed by atoms with van der Waals surface area (Å²) in [6.07, 6.45) is 0.990. The van der Waals surface area contributed by atoms with Gasteiger partial charge >= 0.3 is 0 Å². The Kier molecular flexibility index (Phi) is 6.44. The maximum Gasteiger partial charge on any atom is 0.146 e. The molecule has 0 spiro atoms. The molecule has 2 nitrogen and oxygen atoms in total. The van der Waals surface area contributed by atoms with Crippen molar-refractivity contribution >= 4 is 17.3 Å². The van der Waals surface area contributed by atoms with E-state index in [0.717, 1.165) is 31.6 Å². The quantitative estimate of drug-likeness (QED) is 0.703. The van der Waals surface area contributed by atoms with Crippen LogP contribution in [0.4, 0.5) is 10.1 Å². The Morgan fingerprint density at radius 2 is 1.89 bits per heavy atom. The summed E-state index contributed by atoms with van der Waals surface area (Å²) < 4.78 is 14.0. The molecule has 0 radical (unpaired) electrons. The van der Waals surface area contributed by atoms with Crippen LogP contribution in [0.25, 0.3) is 0 Å². The summed E-state index contributed by atoms with van der Waals surface area (Å²) >= 11 is 5.91. The molecule has 102 valence electrons. The van der Waals surface area contributed by atoms with Crippen LogP contribution in [0.15, 0.2) is 18.2 Å². The van der Waals surface area contributed by atoms with E-state index in [1.807, 2.05) is 20.2 Å². The van der Waals surface area contributed by atoms with Gasteiger partial charge in [0.2, 0.25) is 0 Å². The van der Waals surface area contributed by atoms with Gasteiger partial charge in [-0.3, -0.25) is 0 Å². The number of halogens is 2. The molecule has 0 bridgehead atoms. The van der Waals surface area contributed by atoms with Gasteiger partial charge in [-0.1, -0.05) is 19.1 Å². The number of anilines is 1. The molecule has 0 N–H and O–H groups in total. The van der Waals surface area contributed by atoms with Crippen molar-refractivity contribution in [3.05, 3.63) is 29.6 Å². The molecule has 0 aliphatic carbocycles. The molecule has 0 aromatic heterocycles. The molecule has 18 heavy (non-hydrogen) atoms. The highest BCUT2D eigenvalue weighted by atomic mass is 35.5. The second-order valence-electron chi connectivity index (χ2n) is 4.67. The molecule has 0 atom stereocenters. The van der Waals surface area contributed by atoms with Crippen LogP contribution in [0.3, 0.4) is 0 Å². The summed E-state index contributed by atoms with van der Waals surface area (Å²) in [5, 5.41) is 0. The molecule has 0 amide bonds. The topological polar surface area (TPSA) is 6.48 Å². The molecular weight excluding hydrogens is 251 g/mol. The number of nitrogens with zero attached hydrogens (tertiary/aromatic N) is 2. The second-order valence-corrected chi connectivity index (χ2v) is 4.94. The molecule has 0 saturated carbocycles. The van der Waals surface area contributed by atoms with Crippen molar-refractivity contribution in [2.45, 2.75) is 19.2 Å². The Morgan fingerprint density at radius 1 is 1.17 bits per heavy atom. The highest BCUT2D eigenvalue weighted by Crippen LogP contribution is 2.26. The highest BCUT2D eigenvalue weighted by molar-refractivity contribution is 6.17. The van der Waals surface area contributed by atoms with Gasteiger partial charge in [-0.25, -0.2) is 4.39 Å². The minimum absolute atomic E-state index is 0.180. The Balaban J connectivity index is 2.96. The molecule has 0 saturated heterocycles. The molecule has 1 aromatic rings. The summed E-state index contributed by atoms with van der Waals surface area (Å²) in [6.45, 7) is 4.66. The third-order valence-electron chi connectivity index (χ3n) is 2.84. The van der Waals surface area contributed by atoms with E-state index < -0.39 is 0 Å². The Hall–Kier alpha value is -0.800. The number of para-hydroxylation sites is 1. The number of likely N-dealkylation sites (N-methyl/N-ethyl adjacent to an activating group) is 1. The molecule has 0 heterocycles. The lowest BCUT2D eigenvalue weighted by atomic mass is 10.1. The fraction of sp³-hybridized carbons (Fsp3) is 0.571. The van der Waals surface area contributed by atoms with E-state index in [9.17, 15) is 4.39 Å². The van der Waals surface area contributed by atoms with Crippen LogP contribution in [-0.4, -0.2) is 38.6 Å². The van der Waals surface area contributed by atoms with E-state index in [1.165, 1.54) is 6.07 Å². The molecule has 0 aliphatic heterocycles. The second kappa shape index (κ2) is 7.59. The largest absolute Gasteiger partial charge is 0.368 e. The SMILES string of the molecule is CCCN(CCN(C)C)c1c(F)cccc1CCl. The zero-order valence-corrected chi connectivity index (χ0v) is 12.2. The third-order valence-corrected chi connectivity index (χ3v) is 3.13. The van der Waals surface area contributed by atoms with Crippen LogP contribution in [0.2, 0.25) is 0 Å². The average molecular weight is 273 g/mol.